The first-order valence-corrected chi connectivity index (χ1v) is 8.53. The molecule has 0 amide bonds. The number of hydrogen-bond acceptors (Lipinski definition) is 5. The van der Waals surface area contributed by atoms with Gasteiger partial charge in [0.05, 0.1) is 13.2 Å². The minimum atomic E-state index is -3.61. The van der Waals surface area contributed by atoms with E-state index in [1.54, 1.807) is 14.0 Å². The van der Waals surface area contributed by atoms with Crippen molar-refractivity contribution < 1.29 is 17.6 Å². The predicted molar refractivity (Wildman–Crippen MR) is 80.1 cm³/mol. The Labute approximate surface area is 128 Å². The Morgan fingerprint density at radius 1 is 1.55 bits per heavy atom. The van der Waals surface area contributed by atoms with E-state index >= 15 is 0 Å². The molecule has 116 valence electrons. The third-order valence-electron chi connectivity index (χ3n) is 2.94. The lowest BCUT2D eigenvalue weighted by molar-refractivity contribution is 0.149. The largest absolute Gasteiger partial charge is 0.452 e. The summed E-state index contributed by atoms with van der Waals surface area (Å²) in [5.74, 6) is 0.574. The number of sulfonamides is 1. The summed E-state index contributed by atoms with van der Waals surface area (Å²) in [6.07, 6.45) is 0. The number of hydrogen-bond donors (Lipinski definition) is 1. The molecule has 0 aliphatic carbocycles. The van der Waals surface area contributed by atoms with Crippen LogP contribution in [0.1, 0.15) is 19.6 Å². The highest BCUT2D eigenvalue weighted by Gasteiger charge is 2.30. The number of nitrogens with one attached hydrogen (secondary N) is 1. The number of rotatable bonds is 8. The molecule has 1 atom stereocenters. The van der Waals surface area contributed by atoms with E-state index in [4.69, 9.17) is 9.15 Å². The first-order valence-electron chi connectivity index (χ1n) is 6.30. The van der Waals surface area contributed by atoms with Crippen molar-refractivity contribution in [3.05, 3.63) is 16.5 Å². The molecule has 0 spiro atoms. The second kappa shape index (κ2) is 7.56. The second-order valence-corrected chi connectivity index (χ2v) is 7.14. The molecule has 0 aliphatic rings. The number of methoxy groups -OCH3 is 1. The number of nitrogens with zero attached hydrogens (tertiary/aromatic N) is 1. The van der Waals surface area contributed by atoms with Crippen molar-refractivity contribution >= 4 is 26.0 Å². The van der Waals surface area contributed by atoms with Gasteiger partial charge in [0.25, 0.3) is 0 Å². The summed E-state index contributed by atoms with van der Waals surface area (Å²) >= 11 is 3.17. The number of ether oxygens (including phenoxy) is 1. The SMILES string of the molecule is CCNCc1cc(S(=O)(=O)N(C)C(C)COC)c(Br)o1. The van der Waals surface area contributed by atoms with Gasteiger partial charge in [0, 0.05) is 26.3 Å². The highest BCUT2D eigenvalue weighted by Crippen LogP contribution is 2.29. The molecule has 1 aromatic heterocycles. The average Bonchev–Trinajstić information content (AvgIpc) is 2.77. The molecule has 1 aromatic rings. The molecular formula is C12H21BrN2O4S. The van der Waals surface area contributed by atoms with E-state index in [1.165, 1.54) is 17.4 Å². The Morgan fingerprint density at radius 3 is 2.75 bits per heavy atom. The van der Waals surface area contributed by atoms with Gasteiger partial charge in [-0.2, -0.15) is 4.31 Å². The minimum Gasteiger partial charge on any atom is -0.452 e. The van der Waals surface area contributed by atoms with E-state index in [2.05, 4.69) is 21.2 Å². The molecule has 1 rings (SSSR count). The Morgan fingerprint density at radius 2 is 2.20 bits per heavy atom. The van der Waals surface area contributed by atoms with Crippen molar-refractivity contribution in [1.82, 2.24) is 9.62 Å². The molecule has 1 heterocycles. The van der Waals surface area contributed by atoms with Gasteiger partial charge in [0.15, 0.2) is 4.67 Å². The summed E-state index contributed by atoms with van der Waals surface area (Å²) in [5, 5.41) is 3.09. The maximum Gasteiger partial charge on any atom is 0.247 e. The zero-order valence-electron chi connectivity index (χ0n) is 12.1. The van der Waals surface area contributed by atoms with Crippen LogP contribution in [-0.2, 0) is 21.3 Å². The van der Waals surface area contributed by atoms with Crippen LogP contribution in [0.5, 0.6) is 0 Å². The van der Waals surface area contributed by atoms with Crippen LogP contribution in [0.4, 0.5) is 0 Å². The van der Waals surface area contributed by atoms with Crippen LogP contribution in [-0.4, -0.2) is 46.1 Å². The minimum absolute atomic E-state index is 0.135. The van der Waals surface area contributed by atoms with Gasteiger partial charge in [-0.1, -0.05) is 6.92 Å². The van der Waals surface area contributed by atoms with Crippen molar-refractivity contribution in [2.75, 3.05) is 27.3 Å². The van der Waals surface area contributed by atoms with Crippen LogP contribution in [0.3, 0.4) is 0 Å². The van der Waals surface area contributed by atoms with Gasteiger partial charge in [-0.15, -0.1) is 0 Å². The van der Waals surface area contributed by atoms with Crippen molar-refractivity contribution in [2.24, 2.45) is 0 Å². The Balaban J connectivity index is 3.00. The van der Waals surface area contributed by atoms with E-state index in [0.717, 1.165) is 6.54 Å². The van der Waals surface area contributed by atoms with E-state index in [0.29, 0.717) is 18.9 Å². The molecule has 20 heavy (non-hydrogen) atoms. The lowest BCUT2D eigenvalue weighted by Crippen LogP contribution is -2.37. The summed E-state index contributed by atoms with van der Waals surface area (Å²) in [4.78, 5) is 0.135. The van der Waals surface area contributed by atoms with Crippen LogP contribution < -0.4 is 5.32 Å². The fourth-order valence-electron chi connectivity index (χ4n) is 1.65. The summed E-state index contributed by atoms with van der Waals surface area (Å²) in [5.41, 5.74) is 0. The molecule has 1 unspecified atom stereocenters. The molecular weight excluding hydrogens is 348 g/mol. The molecule has 0 fully saturated rings. The van der Waals surface area contributed by atoms with Gasteiger partial charge in [0.1, 0.15) is 10.7 Å². The third kappa shape index (κ3) is 4.05. The molecule has 0 radical (unpaired) electrons. The highest BCUT2D eigenvalue weighted by atomic mass is 79.9. The standard InChI is InChI=1S/C12H21BrN2O4S/c1-5-14-7-10-6-11(12(13)19-10)20(16,17)15(3)9(2)8-18-4/h6,9,14H,5,7-8H2,1-4H3. The smallest absolute Gasteiger partial charge is 0.247 e. The van der Waals surface area contributed by atoms with E-state index in [-0.39, 0.29) is 15.6 Å². The zero-order chi connectivity index (χ0) is 15.3. The molecule has 0 saturated carbocycles. The number of halogens is 1. The van der Waals surface area contributed by atoms with Crippen LogP contribution in [0.25, 0.3) is 0 Å². The Bertz CT molecular complexity index is 530. The lowest BCUT2D eigenvalue weighted by Gasteiger charge is -2.22. The molecule has 0 bridgehead atoms. The van der Waals surface area contributed by atoms with Crippen LogP contribution in [0.15, 0.2) is 20.0 Å². The maximum absolute atomic E-state index is 12.5. The Kier molecular flexibility index (Phi) is 6.67. The van der Waals surface area contributed by atoms with Crippen LogP contribution in [0.2, 0.25) is 0 Å². The van der Waals surface area contributed by atoms with Gasteiger partial charge >= 0.3 is 0 Å². The fraction of sp³-hybridized carbons (Fsp3) is 0.667. The van der Waals surface area contributed by atoms with E-state index in [1.807, 2.05) is 6.92 Å². The van der Waals surface area contributed by atoms with Gasteiger partial charge in [-0.05, 0) is 29.4 Å². The van der Waals surface area contributed by atoms with E-state index in [9.17, 15) is 8.42 Å². The highest BCUT2D eigenvalue weighted by molar-refractivity contribution is 9.10. The molecule has 8 heteroatoms. The molecule has 0 saturated heterocycles. The first kappa shape index (κ1) is 17.6. The van der Waals surface area contributed by atoms with Gasteiger partial charge < -0.3 is 14.5 Å². The summed E-state index contributed by atoms with van der Waals surface area (Å²) in [6.45, 7) is 5.35. The molecule has 1 N–H and O–H groups in total. The van der Waals surface area contributed by atoms with Gasteiger partial charge in [0.2, 0.25) is 10.0 Å². The number of furan rings is 1. The lowest BCUT2D eigenvalue weighted by atomic mass is 10.4. The predicted octanol–water partition coefficient (Wildman–Crippen LogP) is 1.81. The van der Waals surface area contributed by atoms with Gasteiger partial charge in [-0.3, -0.25) is 0 Å². The Hall–Kier alpha value is -0.410. The zero-order valence-corrected chi connectivity index (χ0v) is 14.5. The van der Waals surface area contributed by atoms with Crippen molar-refractivity contribution in [3.8, 4) is 0 Å². The van der Waals surface area contributed by atoms with Crippen LogP contribution >= 0.6 is 15.9 Å². The third-order valence-corrected chi connectivity index (χ3v) is 5.77. The second-order valence-electron chi connectivity index (χ2n) is 4.46. The molecule has 6 nitrogen and oxygen atoms in total. The normalized spacial score (nSPS) is 13.9. The summed E-state index contributed by atoms with van der Waals surface area (Å²) in [7, 11) is -0.539. The molecule has 0 aromatic carbocycles. The average molecular weight is 369 g/mol. The van der Waals surface area contributed by atoms with Crippen molar-refractivity contribution in [2.45, 2.75) is 31.3 Å². The number of likely N-dealkylation sites (N-methyl/N-ethyl adjacent to an activating group) is 1. The fourth-order valence-corrected chi connectivity index (χ4v) is 3.95. The summed E-state index contributed by atoms with van der Waals surface area (Å²) in [6, 6.07) is 1.28. The van der Waals surface area contributed by atoms with Crippen molar-refractivity contribution in [3.63, 3.8) is 0 Å². The van der Waals surface area contributed by atoms with Crippen molar-refractivity contribution in [1.29, 1.82) is 0 Å². The summed E-state index contributed by atoms with van der Waals surface area (Å²) < 4.78 is 36.9. The quantitative estimate of drug-likeness (QED) is 0.757. The topological polar surface area (TPSA) is 71.8 Å². The van der Waals surface area contributed by atoms with E-state index < -0.39 is 10.0 Å². The maximum atomic E-state index is 12.5. The van der Waals surface area contributed by atoms with Gasteiger partial charge in [-0.25, -0.2) is 8.42 Å². The molecule has 0 aliphatic heterocycles. The first-order chi connectivity index (χ1) is 9.34. The monoisotopic (exact) mass is 368 g/mol. The van der Waals surface area contributed by atoms with Crippen LogP contribution in [0, 0.1) is 0 Å².